The van der Waals surface area contributed by atoms with E-state index >= 15 is 0 Å². The molecule has 0 bridgehead atoms. The van der Waals surface area contributed by atoms with Gasteiger partial charge in [0.05, 0.1) is 13.0 Å². The van der Waals surface area contributed by atoms with E-state index in [1.165, 1.54) is 0 Å². The molecule has 2 aromatic carbocycles. The standard InChI is InChI=1S/C14H15NO2/c1-17-10-9-14(16)15-13-8-4-6-11-5-2-3-7-12(11)13/h2-8H,9-10H2,1H3,(H,15,16). The van der Waals surface area contributed by atoms with Gasteiger partial charge in [0.2, 0.25) is 5.91 Å². The van der Waals surface area contributed by atoms with Crippen LogP contribution in [0, 0.1) is 0 Å². The minimum absolute atomic E-state index is 0.0248. The van der Waals surface area contributed by atoms with Crippen LogP contribution in [0.5, 0.6) is 0 Å². The maximum absolute atomic E-state index is 11.6. The van der Waals surface area contributed by atoms with Crippen molar-refractivity contribution in [2.45, 2.75) is 6.42 Å². The molecule has 0 radical (unpaired) electrons. The van der Waals surface area contributed by atoms with Gasteiger partial charge in [-0.25, -0.2) is 0 Å². The minimum atomic E-state index is -0.0248. The monoisotopic (exact) mass is 229 g/mol. The molecule has 88 valence electrons. The van der Waals surface area contributed by atoms with Crippen LogP contribution in [0.4, 0.5) is 5.69 Å². The molecule has 0 aliphatic rings. The van der Waals surface area contributed by atoms with Crippen molar-refractivity contribution in [2.24, 2.45) is 0 Å². The second-order valence-corrected chi connectivity index (χ2v) is 3.82. The number of hydrogen-bond acceptors (Lipinski definition) is 2. The van der Waals surface area contributed by atoms with E-state index in [1.54, 1.807) is 7.11 Å². The number of carbonyl (C=O) groups is 1. The van der Waals surface area contributed by atoms with Gasteiger partial charge in [0.1, 0.15) is 0 Å². The molecule has 0 spiro atoms. The van der Waals surface area contributed by atoms with Crippen LogP contribution < -0.4 is 5.32 Å². The van der Waals surface area contributed by atoms with Gasteiger partial charge in [-0.1, -0.05) is 36.4 Å². The van der Waals surface area contributed by atoms with E-state index in [9.17, 15) is 4.79 Å². The Labute approximate surface area is 100 Å². The zero-order valence-electron chi connectivity index (χ0n) is 9.77. The summed E-state index contributed by atoms with van der Waals surface area (Å²) in [5, 5.41) is 5.08. The van der Waals surface area contributed by atoms with E-state index in [0.717, 1.165) is 16.5 Å². The van der Waals surface area contributed by atoms with Crippen molar-refractivity contribution < 1.29 is 9.53 Å². The van der Waals surface area contributed by atoms with Crippen molar-refractivity contribution in [2.75, 3.05) is 19.0 Å². The Morgan fingerprint density at radius 1 is 1.18 bits per heavy atom. The zero-order chi connectivity index (χ0) is 12.1. The number of ether oxygens (including phenoxy) is 1. The summed E-state index contributed by atoms with van der Waals surface area (Å²) in [4.78, 5) is 11.6. The van der Waals surface area contributed by atoms with Crippen molar-refractivity contribution in [3.05, 3.63) is 42.5 Å². The van der Waals surface area contributed by atoms with Gasteiger partial charge in [-0.2, -0.15) is 0 Å². The lowest BCUT2D eigenvalue weighted by molar-refractivity contribution is -0.117. The summed E-state index contributed by atoms with van der Waals surface area (Å²) in [6.45, 7) is 0.441. The van der Waals surface area contributed by atoms with Crippen LogP contribution in [-0.2, 0) is 9.53 Å². The summed E-state index contributed by atoms with van der Waals surface area (Å²) < 4.78 is 4.88. The van der Waals surface area contributed by atoms with Crippen molar-refractivity contribution >= 4 is 22.4 Å². The molecule has 0 saturated heterocycles. The van der Waals surface area contributed by atoms with E-state index < -0.39 is 0 Å². The van der Waals surface area contributed by atoms with Crippen LogP contribution in [0.25, 0.3) is 10.8 Å². The summed E-state index contributed by atoms with van der Waals surface area (Å²) >= 11 is 0. The average molecular weight is 229 g/mol. The van der Waals surface area contributed by atoms with Gasteiger partial charge >= 0.3 is 0 Å². The van der Waals surface area contributed by atoms with Gasteiger partial charge in [-0.3, -0.25) is 4.79 Å². The number of amides is 1. The van der Waals surface area contributed by atoms with Crippen LogP contribution in [0.1, 0.15) is 6.42 Å². The fourth-order valence-corrected chi connectivity index (χ4v) is 1.74. The topological polar surface area (TPSA) is 38.3 Å². The van der Waals surface area contributed by atoms with E-state index in [1.807, 2.05) is 42.5 Å². The second-order valence-electron chi connectivity index (χ2n) is 3.82. The first kappa shape index (κ1) is 11.6. The van der Waals surface area contributed by atoms with Gasteiger partial charge < -0.3 is 10.1 Å². The molecule has 2 rings (SSSR count). The van der Waals surface area contributed by atoms with Crippen LogP contribution in [0.15, 0.2) is 42.5 Å². The van der Waals surface area contributed by atoms with Crippen molar-refractivity contribution in [1.29, 1.82) is 0 Å². The molecule has 0 fully saturated rings. The van der Waals surface area contributed by atoms with Crippen molar-refractivity contribution in [3.8, 4) is 0 Å². The van der Waals surface area contributed by atoms with E-state index in [4.69, 9.17) is 4.74 Å². The minimum Gasteiger partial charge on any atom is -0.384 e. The fourth-order valence-electron chi connectivity index (χ4n) is 1.74. The Hall–Kier alpha value is -1.87. The van der Waals surface area contributed by atoms with E-state index in [-0.39, 0.29) is 5.91 Å². The predicted octanol–water partition coefficient (Wildman–Crippen LogP) is 2.81. The normalized spacial score (nSPS) is 10.4. The first-order chi connectivity index (χ1) is 8.31. The largest absolute Gasteiger partial charge is 0.384 e. The Bertz CT molecular complexity index is 517. The molecule has 0 aromatic heterocycles. The highest BCUT2D eigenvalue weighted by Gasteiger charge is 2.04. The van der Waals surface area contributed by atoms with Crippen LogP contribution in [0.3, 0.4) is 0 Å². The highest BCUT2D eigenvalue weighted by Crippen LogP contribution is 2.22. The molecule has 0 atom stereocenters. The molecule has 1 amide bonds. The third-order valence-electron chi connectivity index (χ3n) is 2.60. The molecular weight excluding hydrogens is 214 g/mol. The smallest absolute Gasteiger partial charge is 0.226 e. The third-order valence-corrected chi connectivity index (χ3v) is 2.60. The van der Waals surface area contributed by atoms with Crippen molar-refractivity contribution in [1.82, 2.24) is 0 Å². The Morgan fingerprint density at radius 3 is 2.76 bits per heavy atom. The number of carbonyl (C=O) groups excluding carboxylic acids is 1. The summed E-state index contributed by atoms with van der Waals surface area (Å²) in [6.07, 6.45) is 0.375. The maximum atomic E-state index is 11.6. The van der Waals surface area contributed by atoms with Gasteiger partial charge in [0, 0.05) is 18.2 Å². The molecule has 0 aliphatic heterocycles. The predicted molar refractivity (Wildman–Crippen MR) is 69.1 cm³/mol. The van der Waals surface area contributed by atoms with Crippen molar-refractivity contribution in [3.63, 3.8) is 0 Å². The third kappa shape index (κ3) is 2.82. The first-order valence-corrected chi connectivity index (χ1v) is 5.58. The molecule has 0 saturated carbocycles. The maximum Gasteiger partial charge on any atom is 0.226 e. The van der Waals surface area contributed by atoms with E-state index in [0.29, 0.717) is 13.0 Å². The molecule has 0 aliphatic carbocycles. The fraction of sp³-hybridized carbons (Fsp3) is 0.214. The molecule has 0 unspecified atom stereocenters. The molecule has 0 heterocycles. The average Bonchev–Trinajstić information content (AvgIpc) is 2.37. The molecule has 17 heavy (non-hydrogen) atoms. The number of benzene rings is 2. The molecule has 3 heteroatoms. The van der Waals surface area contributed by atoms with Gasteiger partial charge in [-0.15, -0.1) is 0 Å². The second kappa shape index (κ2) is 5.46. The number of anilines is 1. The number of fused-ring (bicyclic) bond motifs is 1. The number of methoxy groups -OCH3 is 1. The van der Waals surface area contributed by atoms with Gasteiger partial charge in [-0.05, 0) is 11.5 Å². The Kier molecular flexibility index (Phi) is 3.73. The number of nitrogens with one attached hydrogen (secondary N) is 1. The number of hydrogen-bond donors (Lipinski definition) is 1. The van der Waals surface area contributed by atoms with Gasteiger partial charge in [0.15, 0.2) is 0 Å². The molecule has 2 aromatic rings. The lowest BCUT2D eigenvalue weighted by atomic mass is 10.1. The lowest BCUT2D eigenvalue weighted by Gasteiger charge is -2.08. The molecular formula is C14H15NO2. The Morgan fingerprint density at radius 2 is 1.94 bits per heavy atom. The van der Waals surface area contributed by atoms with E-state index in [2.05, 4.69) is 5.32 Å². The quantitative estimate of drug-likeness (QED) is 0.875. The Balaban J connectivity index is 2.21. The van der Waals surface area contributed by atoms with Gasteiger partial charge in [0.25, 0.3) is 0 Å². The first-order valence-electron chi connectivity index (χ1n) is 5.58. The summed E-state index contributed by atoms with van der Waals surface area (Å²) in [5.74, 6) is -0.0248. The summed E-state index contributed by atoms with van der Waals surface area (Å²) in [7, 11) is 1.59. The lowest BCUT2D eigenvalue weighted by Crippen LogP contribution is -2.13. The number of rotatable bonds is 4. The summed E-state index contributed by atoms with van der Waals surface area (Å²) in [5.41, 5.74) is 0.851. The zero-order valence-corrected chi connectivity index (χ0v) is 9.77. The highest BCUT2D eigenvalue weighted by molar-refractivity contribution is 6.02. The highest BCUT2D eigenvalue weighted by atomic mass is 16.5. The summed E-state index contributed by atoms with van der Waals surface area (Å²) in [6, 6.07) is 13.9. The molecule has 1 N–H and O–H groups in total. The van der Waals surface area contributed by atoms with Crippen LogP contribution >= 0.6 is 0 Å². The SMILES string of the molecule is COCCC(=O)Nc1cccc2ccccc12. The van der Waals surface area contributed by atoms with Crippen LogP contribution in [0.2, 0.25) is 0 Å². The molecule has 3 nitrogen and oxygen atoms in total. The van der Waals surface area contributed by atoms with Crippen LogP contribution in [-0.4, -0.2) is 19.6 Å².